The third-order valence-corrected chi connectivity index (χ3v) is 5.01. The molecule has 0 radical (unpaired) electrons. The van der Waals surface area contributed by atoms with E-state index in [0.29, 0.717) is 17.9 Å². The molecule has 2 rings (SSSR count). The predicted octanol–water partition coefficient (Wildman–Crippen LogP) is 5.58. The Labute approximate surface area is 122 Å². The maximum absolute atomic E-state index is 6.76. The van der Waals surface area contributed by atoms with Crippen molar-refractivity contribution < 1.29 is 4.74 Å². The Morgan fingerprint density at radius 3 is 2.53 bits per heavy atom. The summed E-state index contributed by atoms with van der Waals surface area (Å²) in [7, 11) is 0. The Hall–Kier alpha value is -0.690. The SMILES string of the molecule is CCOc1ccc(C(Cl)C2CCCCC2(C)C)cc1. The fourth-order valence-corrected chi connectivity index (χ4v) is 3.82. The number of hydrogen-bond donors (Lipinski definition) is 0. The summed E-state index contributed by atoms with van der Waals surface area (Å²) in [6, 6.07) is 8.30. The molecule has 0 amide bonds. The van der Waals surface area contributed by atoms with Gasteiger partial charge < -0.3 is 4.74 Å². The van der Waals surface area contributed by atoms with Gasteiger partial charge in [-0.25, -0.2) is 0 Å². The summed E-state index contributed by atoms with van der Waals surface area (Å²) in [5.74, 6) is 1.50. The maximum atomic E-state index is 6.76. The topological polar surface area (TPSA) is 9.23 Å². The van der Waals surface area contributed by atoms with Crippen LogP contribution in [0.1, 0.15) is 57.4 Å². The molecule has 1 aliphatic rings. The minimum absolute atomic E-state index is 0.117. The van der Waals surface area contributed by atoms with Crippen LogP contribution in [0.2, 0.25) is 0 Å². The Morgan fingerprint density at radius 2 is 1.95 bits per heavy atom. The van der Waals surface area contributed by atoms with Gasteiger partial charge in [0.25, 0.3) is 0 Å². The van der Waals surface area contributed by atoms with Gasteiger partial charge in [-0.05, 0) is 48.8 Å². The number of benzene rings is 1. The minimum atomic E-state index is 0.117. The number of alkyl halides is 1. The van der Waals surface area contributed by atoms with E-state index in [1.165, 1.54) is 31.2 Å². The van der Waals surface area contributed by atoms with E-state index < -0.39 is 0 Å². The standard InChI is InChI=1S/C17H25ClO/c1-4-19-14-10-8-13(9-11-14)16(18)15-7-5-6-12-17(15,2)3/h8-11,15-16H,4-7,12H2,1-3H3. The van der Waals surface area contributed by atoms with Crippen LogP contribution in [-0.2, 0) is 0 Å². The lowest BCUT2D eigenvalue weighted by Crippen LogP contribution is -2.30. The third-order valence-electron chi connectivity index (χ3n) is 4.45. The zero-order valence-electron chi connectivity index (χ0n) is 12.3. The molecule has 1 aromatic carbocycles. The first-order valence-corrected chi connectivity index (χ1v) is 7.85. The van der Waals surface area contributed by atoms with Crippen LogP contribution in [0.3, 0.4) is 0 Å². The highest BCUT2D eigenvalue weighted by Crippen LogP contribution is 2.49. The fourth-order valence-electron chi connectivity index (χ4n) is 3.21. The average Bonchev–Trinajstić information content (AvgIpc) is 2.39. The number of halogens is 1. The van der Waals surface area contributed by atoms with E-state index in [1.807, 2.05) is 19.1 Å². The first-order valence-electron chi connectivity index (χ1n) is 7.41. The Kier molecular flexibility index (Phi) is 4.78. The van der Waals surface area contributed by atoms with Gasteiger partial charge in [0.2, 0.25) is 0 Å². The van der Waals surface area contributed by atoms with Gasteiger partial charge in [0.05, 0.1) is 12.0 Å². The summed E-state index contributed by atoms with van der Waals surface area (Å²) in [6.07, 6.45) is 5.19. The van der Waals surface area contributed by atoms with Crippen LogP contribution in [-0.4, -0.2) is 6.61 Å². The molecule has 0 spiro atoms. The molecule has 1 nitrogen and oxygen atoms in total. The van der Waals surface area contributed by atoms with Crippen molar-refractivity contribution in [3.63, 3.8) is 0 Å². The zero-order chi connectivity index (χ0) is 13.9. The molecular weight excluding hydrogens is 256 g/mol. The second-order valence-corrected chi connectivity index (χ2v) is 6.71. The van der Waals surface area contributed by atoms with E-state index >= 15 is 0 Å². The summed E-state index contributed by atoms with van der Waals surface area (Å²) in [5, 5.41) is 0.117. The molecule has 0 bridgehead atoms. The van der Waals surface area contributed by atoms with Gasteiger partial charge in [-0.1, -0.05) is 38.8 Å². The molecule has 1 fully saturated rings. The summed E-state index contributed by atoms with van der Waals surface area (Å²) in [6.45, 7) is 7.43. The van der Waals surface area contributed by atoms with Gasteiger partial charge in [0.15, 0.2) is 0 Å². The van der Waals surface area contributed by atoms with Crippen LogP contribution in [0.5, 0.6) is 5.75 Å². The largest absolute Gasteiger partial charge is 0.494 e. The molecule has 2 atom stereocenters. The van der Waals surface area contributed by atoms with E-state index in [1.54, 1.807) is 0 Å². The molecule has 0 N–H and O–H groups in total. The predicted molar refractivity (Wildman–Crippen MR) is 81.9 cm³/mol. The van der Waals surface area contributed by atoms with E-state index in [0.717, 1.165) is 5.75 Å². The van der Waals surface area contributed by atoms with Gasteiger partial charge in [-0.15, -0.1) is 11.6 Å². The van der Waals surface area contributed by atoms with Crippen molar-refractivity contribution in [3.05, 3.63) is 29.8 Å². The molecule has 2 heteroatoms. The second-order valence-electron chi connectivity index (χ2n) is 6.24. The van der Waals surface area contributed by atoms with Gasteiger partial charge in [-0.3, -0.25) is 0 Å². The number of ether oxygens (including phenoxy) is 1. The summed E-state index contributed by atoms with van der Waals surface area (Å²) >= 11 is 6.76. The summed E-state index contributed by atoms with van der Waals surface area (Å²) in [5.41, 5.74) is 1.58. The molecule has 0 aromatic heterocycles. The molecule has 1 saturated carbocycles. The molecule has 1 aliphatic carbocycles. The van der Waals surface area contributed by atoms with Gasteiger partial charge in [-0.2, -0.15) is 0 Å². The van der Waals surface area contributed by atoms with Gasteiger partial charge in [0, 0.05) is 0 Å². The highest BCUT2D eigenvalue weighted by molar-refractivity contribution is 6.21. The maximum Gasteiger partial charge on any atom is 0.119 e. The first kappa shape index (κ1) is 14.7. The van der Waals surface area contributed by atoms with Crippen LogP contribution >= 0.6 is 11.6 Å². The molecule has 0 heterocycles. The number of rotatable bonds is 4. The minimum Gasteiger partial charge on any atom is -0.494 e. The van der Waals surface area contributed by atoms with Crippen molar-refractivity contribution in [1.29, 1.82) is 0 Å². The van der Waals surface area contributed by atoms with Crippen molar-refractivity contribution in [3.8, 4) is 5.75 Å². The molecule has 19 heavy (non-hydrogen) atoms. The van der Waals surface area contributed by atoms with Crippen molar-refractivity contribution >= 4 is 11.6 Å². The lowest BCUT2D eigenvalue weighted by Gasteiger charge is -2.41. The Morgan fingerprint density at radius 1 is 1.26 bits per heavy atom. The van der Waals surface area contributed by atoms with Crippen LogP contribution < -0.4 is 4.74 Å². The average molecular weight is 281 g/mol. The summed E-state index contributed by atoms with van der Waals surface area (Å²) < 4.78 is 5.48. The van der Waals surface area contributed by atoms with Crippen LogP contribution in [0.4, 0.5) is 0 Å². The van der Waals surface area contributed by atoms with Crippen molar-refractivity contribution in [2.45, 2.75) is 51.8 Å². The van der Waals surface area contributed by atoms with Crippen LogP contribution in [0, 0.1) is 11.3 Å². The lowest BCUT2D eigenvalue weighted by atomic mass is 9.66. The smallest absolute Gasteiger partial charge is 0.119 e. The zero-order valence-corrected chi connectivity index (χ0v) is 13.0. The highest BCUT2D eigenvalue weighted by atomic mass is 35.5. The fraction of sp³-hybridized carbons (Fsp3) is 0.647. The van der Waals surface area contributed by atoms with Crippen LogP contribution in [0.15, 0.2) is 24.3 Å². The molecule has 0 aliphatic heterocycles. The Bertz CT molecular complexity index is 396. The van der Waals surface area contributed by atoms with Crippen molar-refractivity contribution in [1.82, 2.24) is 0 Å². The molecule has 2 unspecified atom stereocenters. The molecular formula is C17H25ClO. The van der Waals surface area contributed by atoms with E-state index in [2.05, 4.69) is 26.0 Å². The third kappa shape index (κ3) is 3.45. The van der Waals surface area contributed by atoms with E-state index in [-0.39, 0.29) is 5.38 Å². The van der Waals surface area contributed by atoms with E-state index in [9.17, 15) is 0 Å². The molecule has 0 saturated heterocycles. The lowest BCUT2D eigenvalue weighted by molar-refractivity contribution is 0.133. The Balaban J connectivity index is 2.11. The second kappa shape index (κ2) is 6.17. The highest BCUT2D eigenvalue weighted by Gasteiger charge is 2.37. The first-order chi connectivity index (χ1) is 9.04. The van der Waals surface area contributed by atoms with Gasteiger partial charge >= 0.3 is 0 Å². The van der Waals surface area contributed by atoms with Crippen molar-refractivity contribution in [2.24, 2.45) is 11.3 Å². The molecule has 1 aromatic rings. The number of hydrogen-bond acceptors (Lipinski definition) is 1. The quantitative estimate of drug-likeness (QED) is 0.654. The van der Waals surface area contributed by atoms with Crippen molar-refractivity contribution in [2.75, 3.05) is 6.61 Å². The summed E-state index contributed by atoms with van der Waals surface area (Å²) in [4.78, 5) is 0. The van der Waals surface area contributed by atoms with Crippen LogP contribution in [0.25, 0.3) is 0 Å². The normalized spacial score (nSPS) is 23.9. The molecule has 106 valence electrons. The van der Waals surface area contributed by atoms with Gasteiger partial charge in [0.1, 0.15) is 5.75 Å². The monoisotopic (exact) mass is 280 g/mol. The van der Waals surface area contributed by atoms with E-state index in [4.69, 9.17) is 16.3 Å².